The molecular weight excluding hydrogens is 400 g/mol. The molecule has 0 heterocycles. The fraction of sp³-hybridized carbons (Fsp3) is 0.389. The Kier molecular flexibility index (Phi) is 9.92. The van der Waals surface area contributed by atoms with Crippen molar-refractivity contribution in [2.75, 3.05) is 13.2 Å². The maximum absolute atomic E-state index is 12.5. The number of nitrogens with one attached hydrogen (secondary N) is 3. The zero-order valence-corrected chi connectivity index (χ0v) is 15.9. The molecule has 0 aliphatic heterocycles. The molecule has 3 amide bonds. The van der Waals surface area contributed by atoms with Crippen LogP contribution in [-0.2, 0) is 30.4 Å². The number of hydrogen-bond acceptors (Lipinski definition) is 7. The van der Waals surface area contributed by atoms with E-state index in [1.807, 2.05) is 0 Å². The van der Waals surface area contributed by atoms with Gasteiger partial charge in [0.25, 0.3) is 0 Å². The zero-order valence-electron chi connectivity index (χ0n) is 15.9. The first-order valence-corrected chi connectivity index (χ1v) is 8.86. The highest BCUT2D eigenvalue weighted by Crippen LogP contribution is 2.05. The lowest BCUT2D eigenvalue weighted by Gasteiger charge is -2.21. The van der Waals surface area contributed by atoms with Gasteiger partial charge in [0.15, 0.2) is 0 Å². The summed E-state index contributed by atoms with van der Waals surface area (Å²) in [7, 11) is 0. The van der Waals surface area contributed by atoms with Gasteiger partial charge >= 0.3 is 11.9 Å². The molecule has 1 rings (SSSR count). The van der Waals surface area contributed by atoms with Gasteiger partial charge in [-0.3, -0.25) is 19.2 Å². The van der Waals surface area contributed by atoms with E-state index in [2.05, 4.69) is 16.0 Å². The molecule has 0 bridgehead atoms. The van der Waals surface area contributed by atoms with Crippen molar-refractivity contribution in [3.05, 3.63) is 35.9 Å². The number of carboxylic acids is 2. The van der Waals surface area contributed by atoms with Crippen molar-refractivity contribution >= 4 is 29.7 Å². The summed E-state index contributed by atoms with van der Waals surface area (Å²) in [4.78, 5) is 58.2. The number of nitrogens with two attached hydrogens (primary N) is 1. The molecule has 0 saturated carbocycles. The van der Waals surface area contributed by atoms with Crippen LogP contribution in [0, 0.1) is 0 Å². The van der Waals surface area contributed by atoms with Crippen LogP contribution < -0.4 is 21.7 Å². The number of carbonyl (C=O) groups is 5. The first kappa shape index (κ1) is 24.5. The highest BCUT2D eigenvalue weighted by atomic mass is 16.4. The largest absolute Gasteiger partial charge is 0.481 e. The number of benzene rings is 1. The van der Waals surface area contributed by atoms with E-state index in [-0.39, 0.29) is 6.42 Å². The van der Waals surface area contributed by atoms with Gasteiger partial charge in [-0.25, -0.2) is 4.79 Å². The molecule has 3 unspecified atom stereocenters. The van der Waals surface area contributed by atoms with E-state index < -0.39 is 67.4 Å². The number of aliphatic hydroxyl groups excluding tert-OH is 1. The highest BCUT2D eigenvalue weighted by Gasteiger charge is 2.28. The Labute approximate surface area is 171 Å². The van der Waals surface area contributed by atoms with Crippen LogP contribution in [0.25, 0.3) is 0 Å². The zero-order chi connectivity index (χ0) is 22.7. The second-order valence-corrected chi connectivity index (χ2v) is 6.31. The Morgan fingerprint density at radius 2 is 1.57 bits per heavy atom. The van der Waals surface area contributed by atoms with E-state index >= 15 is 0 Å². The lowest BCUT2D eigenvalue weighted by atomic mass is 10.0. The first-order valence-electron chi connectivity index (χ1n) is 8.86. The summed E-state index contributed by atoms with van der Waals surface area (Å²) in [5.41, 5.74) is 5.96. The topological polar surface area (TPSA) is 208 Å². The maximum Gasteiger partial charge on any atom is 0.326 e. The number of aliphatic hydroxyl groups is 1. The fourth-order valence-corrected chi connectivity index (χ4v) is 2.33. The number of rotatable bonds is 12. The second-order valence-electron chi connectivity index (χ2n) is 6.31. The summed E-state index contributed by atoms with van der Waals surface area (Å²) in [5.74, 6) is -5.41. The molecule has 0 aromatic heterocycles. The van der Waals surface area contributed by atoms with Gasteiger partial charge in [0.1, 0.15) is 18.1 Å². The van der Waals surface area contributed by atoms with Crippen molar-refractivity contribution in [3.63, 3.8) is 0 Å². The molecule has 12 nitrogen and oxygen atoms in total. The molecule has 1 aromatic carbocycles. The number of aliphatic carboxylic acids is 2. The van der Waals surface area contributed by atoms with Gasteiger partial charge in [0, 0.05) is 6.42 Å². The molecule has 3 atom stereocenters. The lowest BCUT2D eigenvalue weighted by Crippen LogP contribution is -2.55. The normalized spacial score (nSPS) is 13.4. The Morgan fingerprint density at radius 1 is 0.933 bits per heavy atom. The van der Waals surface area contributed by atoms with Crippen LogP contribution in [0.15, 0.2) is 30.3 Å². The van der Waals surface area contributed by atoms with Gasteiger partial charge in [-0.1, -0.05) is 30.3 Å². The van der Waals surface area contributed by atoms with Gasteiger partial charge in [-0.05, 0) is 5.56 Å². The molecule has 12 heteroatoms. The predicted octanol–water partition coefficient (Wildman–Crippen LogP) is -2.81. The number of amides is 3. The Hall–Kier alpha value is -3.51. The Bertz CT molecular complexity index is 771. The minimum absolute atomic E-state index is 0.0120. The maximum atomic E-state index is 12.5. The van der Waals surface area contributed by atoms with Crippen LogP contribution in [0.2, 0.25) is 0 Å². The molecule has 8 N–H and O–H groups in total. The van der Waals surface area contributed by atoms with Gasteiger partial charge in [0.2, 0.25) is 17.7 Å². The quantitative estimate of drug-likeness (QED) is 0.184. The van der Waals surface area contributed by atoms with Gasteiger partial charge < -0.3 is 37.0 Å². The number of hydrogen-bond donors (Lipinski definition) is 7. The monoisotopic (exact) mass is 424 g/mol. The average molecular weight is 424 g/mol. The van der Waals surface area contributed by atoms with E-state index in [4.69, 9.17) is 21.1 Å². The summed E-state index contributed by atoms with van der Waals surface area (Å²) in [6, 6.07) is 4.37. The lowest BCUT2D eigenvalue weighted by molar-refractivity contribution is -0.147. The van der Waals surface area contributed by atoms with Crippen LogP contribution in [0.3, 0.4) is 0 Å². The molecule has 0 radical (unpaired) electrons. The standard InChI is InChI=1S/C18H24N4O8/c19-11(9-23)16(27)20-8-14(24)21-12(6-10-4-2-1-3-5-10)17(28)22-13(18(29)30)7-15(25)26/h1-5,11-13,23H,6-9,19H2,(H,20,27)(H,21,24)(H,22,28)(H,25,26)(H,29,30). The number of carbonyl (C=O) groups excluding carboxylic acids is 3. The van der Waals surface area contributed by atoms with E-state index in [0.717, 1.165) is 0 Å². The summed E-state index contributed by atoms with van der Waals surface area (Å²) in [6.07, 6.45) is -0.857. The van der Waals surface area contributed by atoms with E-state index in [0.29, 0.717) is 5.56 Å². The van der Waals surface area contributed by atoms with Crippen molar-refractivity contribution < 1.29 is 39.3 Å². The van der Waals surface area contributed by atoms with Crippen molar-refractivity contribution in [1.82, 2.24) is 16.0 Å². The fourth-order valence-electron chi connectivity index (χ4n) is 2.33. The Morgan fingerprint density at radius 3 is 2.10 bits per heavy atom. The second kappa shape index (κ2) is 12.1. The first-order chi connectivity index (χ1) is 14.1. The minimum Gasteiger partial charge on any atom is -0.481 e. The third kappa shape index (κ3) is 8.67. The van der Waals surface area contributed by atoms with Crippen LogP contribution in [0.1, 0.15) is 12.0 Å². The number of carboxylic acid groups (broad SMARTS) is 2. The van der Waals surface area contributed by atoms with Gasteiger partial charge in [-0.15, -0.1) is 0 Å². The molecule has 0 spiro atoms. The van der Waals surface area contributed by atoms with Crippen LogP contribution in [0.5, 0.6) is 0 Å². The van der Waals surface area contributed by atoms with Crippen molar-refractivity contribution in [3.8, 4) is 0 Å². The summed E-state index contributed by atoms with van der Waals surface area (Å²) in [6.45, 7) is -1.16. The smallest absolute Gasteiger partial charge is 0.326 e. The van der Waals surface area contributed by atoms with Crippen molar-refractivity contribution in [2.24, 2.45) is 5.73 Å². The van der Waals surface area contributed by atoms with E-state index in [1.54, 1.807) is 30.3 Å². The van der Waals surface area contributed by atoms with E-state index in [1.165, 1.54) is 0 Å². The van der Waals surface area contributed by atoms with Crippen molar-refractivity contribution in [1.29, 1.82) is 0 Å². The van der Waals surface area contributed by atoms with Gasteiger partial charge in [-0.2, -0.15) is 0 Å². The molecule has 0 saturated heterocycles. The van der Waals surface area contributed by atoms with Crippen LogP contribution in [-0.4, -0.2) is 76.3 Å². The SMILES string of the molecule is NC(CO)C(=O)NCC(=O)NC(Cc1ccccc1)C(=O)NC(CC(=O)O)C(=O)O. The highest BCUT2D eigenvalue weighted by molar-refractivity contribution is 5.93. The summed E-state index contributed by atoms with van der Waals surface area (Å²) >= 11 is 0. The molecule has 0 aliphatic carbocycles. The minimum atomic E-state index is -1.69. The average Bonchev–Trinajstić information content (AvgIpc) is 2.70. The van der Waals surface area contributed by atoms with Crippen molar-refractivity contribution in [2.45, 2.75) is 31.0 Å². The summed E-state index contributed by atoms with van der Waals surface area (Å²) < 4.78 is 0. The molecule has 0 aliphatic rings. The van der Waals surface area contributed by atoms with Crippen LogP contribution in [0.4, 0.5) is 0 Å². The van der Waals surface area contributed by atoms with Crippen LogP contribution >= 0.6 is 0 Å². The Balaban J connectivity index is 2.86. The van der Waals surface area contributed by atoms with E-state index in [9.17, 15) is 24.0 Å². The third-order valence-electron chi connectivity index (χ3n) is 3.88. The summed E-state index contributed by atoms with van der Waals surface area (Å²) in [5, 5.41) is 33.4. The molecule has 1 aromatic rings. The molecule has 30 heavy (non-hydrogen) atoms. The molecular formula is C18H24N4O8. The predicted molar refractivity (Wildman–Crippen MR) is 102 cm³/mol. The molecule has 164 valence electrons. The van der Waals surface area contributed by atoms with Gasteiger partial charge in [0.05, 0.1) is 19.6 Å². The molecule has 0 fully saturated rings. The third-order valence-corrected chi connectivity index (χ3v) is 3.88.